The van der Waals surface area contributed by atoms with Gasteiger partial charge in [-0.2, -0.15) is 12.7 Å². The molecule has 5 nitrogen and oxygen atoms in total. The minimum atomic E-state index is -3.25. The van der Waals surface area contributed by atoms with Crippen molar-refractivity contribution in [2.24, 2.45) is 0 Å². The number of nitrogens with one attached hydrogen (secondary N) is 2. The lowest BCUT2D eigenvalue weighted by atomic mass is 10.2. The third-order valence-corrected chi connectivity index (χ3v) is 4.14. The van der Waals surface area contributed by atoms with E-state index in [1.54, 1.807) is 7.05 Å². The number of rotatable bonds is 5. The Balaban J connectivity index is 0.00000196. The third kappa shape index (κ3) is 4.65. The maximum Gasteiger partial charge on any atom is 0.279 e. The maximum absolute atomic E-state index is 11.5. The van der Waals surface area contributed by atoms with Crippen LogP contribution in [0.2, 0.25) is 0 Å². The Morgan fingerprint density at radius 3 is 2.67 bits per heavy atom. The smallest absolute Gasteiger partial charge is 0.279 e. The highest BCUT2D eigenvalue weighted by Crippen LogP contribution is 2.04. The molecule has 0 amide bonds. The van der Waals surface area contributed by atoms with Gasteiger partial charge in [0.2, 0.25) is 0 Å². The van der Waals surface area contributed by atoms with Crippen molar-refractivity contribution in [3.8, 4) is 0 Å². The van der Waals surface area contributed by atoms with Crippen molar-refractivity contribution in [3.63, 3.8) is 0 Å². The van der Waals surface area contributed by atoms with Crippen LogP contribution in [0.5, 0.6) is 0 Å². The number of nitrogens with zero attached hydrogens (tertiary/aromatic N) is 1. The van der Waals surface area contributed by atoms with Gasteiger partial charge >= 0.3 is 0 Å². The summed E-state index contributed by atoms with van der Waals surface area (Å²) in [5.74, 6) is 0. The Kier molecular flexibility index (Phi) is 6.70. The molecule has 1 aliphatic heterocycles. The molecule has 0 radical (unpaired) electrons. The van der Waals surface area contributed by atoms with Crippen molar-refractivity contribution in [1.82, 2.24) is 14.3 Å². The Morgan fingerprint density at radius 1 is 1.53 bits per heavy atom. The number of hydrogen-bond acceptors (Lipinski definition) is 3. The molecule has 1 rings (SSSR count). The molecule has 92 valence electrons. The molecule has 15 heavy (non-hydrogen) atoms. The van der Waals surface area contributed by atoms with Crippen LogP contribution in [0.25, 0.3) is 0 Å². The molecule has 0 aliphatic carbocycles. The van der Waals surface area contributed by atoms with Gasteiger partial charge in [0.05, 0.1) is 0 Å². The largest absolute Gasteiger partial charge is 0.313 e. The van der Waals surface area contributed by atoms with Crippen LogP contribution in [-0.4, -0.2) is 45.4 Å². The zero-order valence-electron chi connectivity index (χ0n) is 9.19. The molecule has 1 fully saturated rings. The molecule has 7 heteroatoms. The van der Waals surface area contributed by atoms with E-state index in [4.69, 9.17) is 0 Å². The first-order valence-corrected chi connectivity index (χ1v) is 6.44. The molecule has 0 aromatic heterocycles. The van der Waals surface area contributed by atoms with Crippen LogP contribution in [0.3, 0.4) is 0 Å². The van der Waals surface area contributed by atoms with Gasteiger partial charge in [0.25, 0.3) is 10.2 Å². The second-order valence-electron chi connectivity index (χ2n) is 3.56. The van der Waals surface area contributed by atoms with E-state index in [1.807, 2.05) is 6.92 Å². The van der Waals surface area contributed by atoms with Crippen molar-refractivity contribution >= 4 is 22.6 Å². The fourth-order valence-electron chi connectivity index (χ4n) is 1.42. The van der Waals surface area contributed by atoms with E-state index in [0.29, 0.717) is 19.1 Å². The van der Waals surface area contributed by atoms with Crippen LogP contribution in [0.15, 0.2) is 0 Å². The van der Waals surface area contributed by atoms with Crippen molar-refractivity contribution in [3.05, 3.63) is 0 Å². The van der Waals surface area contributed by atoms with E-state index in [2.05, 4.69) is 10.0 Å². The summed E-state index contributed by atoms with van der Waals surface area (Å²) >= 11 is 0. The van der Waals surface area contributed by atoms with E-state index in [0.717, 1.165) is 19.4 Å². The lowest BCUT2D eigenvalue weighted by Crippen LogP contribution is -2.43. The zero-order valence-corrected chi connectivity index (χ0v) is 10.8. The first kappa shape index (κ1) is 15.1. The second-order valence-corrected chi connectivity index (χ2v) is 5.42. The lowest BCUT2D eigenvalue weighted by molar-refractivity contribution is 0.465. The van der Waals surface area contributed by atoms with E-state index < -0.39 is 10.2 Å². The molecule has 1 aliphatic rings. The third-order valence-electron chi connectivity index (χ3n) is 2.53. The van der Waals surface area contributed by atoms with Gasteiger partial charge in [-0.25, -0.2) is 4.72 Å². The van der Waals surface area contributed by atoms with Crippen molar-refractivity contribution in [2.75, 3.05) is 26.7 Å². The maximum atomic E-state index is 11.5. The minimum Gasteiger partial charge on any atom is -0.313 e. The standard InChI is InChI=1S/C8H19N3O2S.ClH/c1-3-11(2)14(12,13)10-7-8-5-4-6-9-8;/h8-10H,3-7H2,1-2H3;1H. The minimum absolute atomic E-state index is 0. The Morgan fingerprint density at radius 2 is 2.20 bits per heavy atom. The first-order valence-electron chi connectivity index (χ1n) is 5.00. The summed E-state index contributed by atoms with van der Waals surface area (Å²) in [7, 11) is -1.68. The Labute approximate surface area is 98.2 Å². The Bertz CT molecular complexity index is 265. The molecule has 1 saturated heterocycles. The molecular formula is C8H20ClN3O2S. The van der Waals surface area contributed by atoms with Crippen molar-refractivity contribution in [1.29, 1.82) is 0 Å². The van der Waals surface area contributed by atoms with Gasteiger partial charge < -0.3 is 5.32 Å². The predicted octanol–water partition coefficient (Wildman–Crippen LogP) is -0.0537. The zero-order chi connectivity index (χ0) is 10.6. The van der Waals surface area contributed by atoms with Gasteiger partial charge in [-0.1, -0.05) is 6.92 Å². The summed E-state index contributed by atoms with van der Waals surface area (Å²) in [6.07, 6.45) is 2.19. The fourth-order valence-corrected chi connectivity index (χ4v) is 2.39. The summed E-state index contributed by atoms with van der Waals surface area (Å²) in [4.78, 5) is 0. The molecule has 0 spiro atoms. The quantitative estimate of drug-likeness (QED) is 0.726. The molecule has 1 atom stereocenters. The molecular weight excluding hydrogens is 238 g/mol. The molecule has 0 saturated carbocycles. The van der Waals surface area contributed by atoms with E-state index in [1.165, 1.54) is 4.31 Å². The van der Waals surface area contributed by atoms with E-state index in [9.17, 15) is 8.42 Å². The molecule has 0 aromatic rings. The monoisotopic (exact) mass is 257 g/mol. The van der Waals surface area contributed by atoms with Gasteiger partial charge in [0, 0.05) is 26.2 Å². The fraction of sp³-hybridized carbons (Fsp3) is 1.00. The summed E-state index contributed by atoms with van der Waals surface area (Å²) in [5.41, 5.74) is 0. The molecule has 1 unspecified atom stereocenters. The number of hydrogen-bond donors (Lipinski definition) is 2. The van der Waals surface area contributed by atoms with Gasteiger partial charge in [-0.3, -0.25) is 0 Å². The van der Waals surface area contributed by atoms with Gasteiger partial charge in [-0.05, 0) is 19.4 Å². The van der Waals surface area contributed by atoms with Crippen LogP contribution in [0.4, 0.5) is 0 Å². The van der Waals surface area contributed by atoms with Crippen molar-refractivity contribution < 1.29 is 8.42 Å². The molecule has 0 bridgehead atoms. The van der Waals surface area contributed by atoms with Crippen LogP contribution >= 0.6 is 12.4 Å². The van der Waals surface area contributed by atoms with E-state index >= 15 is 0 Å². The average molecular weight is 258 g/mol. The van der Waals surface area contributed by atoms with Crippen LogP contribution < -0.4 is 10.0 Å². The molecule has 0 aromatic carbocycles. The highest BCUT2D eigenvalue weighted by Gasteiger charge is 2.19. The molecule has 2 N–H and O–H groups in total. The summed E-state index contributed by atoms with van der Waals surface area (Å²) in [5, 5.41) is 3.24. The van der Waals surface area contributed by atoms with Crippen LogP contribution in [0.1, 0.15) is 19.8 Å². The molecule has 1 heterocycles. The summed E-state index contributed by atoms with van der Waals surface area (Å²) < 4.78 is 26.9. The SMILES string of the molecule is CCN(C)S(=O)(=O)NCC1CCCN1.Cl. The lowest BCUT2D eigenvalue weighted by Gasteiger charge is -2.17. The Hall–Kier alpha value is 0.120. The number of halogens is 1. The highest BCUT2D eigenvalue weighted by molar-refractivity contribution is 7.87. The van der Waals surface area contributed by atoms with Crippen LogP contribution in [0, 0.1) is 0 Å². The van der Waals surface area contributed by atoms with Gasteiger partial charge in [0.15, 0.2) is 0 Å². The van der Waals surface area contributed by atoms with Crippen LogP contribution in [-0.2, 0) is 10.2 Å². The normalized spacial score (nSPS) is 21.7. The predicted molar refractivity (Wildman–Crippen MR) is 63.5 cm³/mol. The first-order chi connectivity index (χ1) is 6.56. The second kappa shape index (κ2) is 6.65. The average Bonchev–Trinajstić information content (AvgIpc) is 2.66. The highest BCUT2D eigenvalue weighted by atomic mass is 35.5. The summed E-state index contributed by atoms with van der Waals surface area (Å²) in [6.45, 7) is 3.79. The summed E-state index contributed by atoms with van der Waals surface area (Å²) in [6, 6.07) is 0.301. The van der Waals surface area contributed by atoms with Gasteiger partial charge in [0.1, 0.15) is 0 Å². The van der Waals surface area contributed by atoms with E-state index in [-0.39, 0.29) is 12.4 Å². The topological polar surface area (TPSA) is 61.4 Å². The van der Waals surface area contributed by atoms with Crippen molar-refractivity contribution in [2.45, 2.75) is 25.8 Å². The van der Waals surface area contributed by atoms with Gasteiger partial charge in [-0.15, -0.1) is 12.4 Å².